The second-order valence-electron chi connectivity index (χ2n) is 5.77. The molecule has 2 aromatic rings. The second-order valence-corrected chi connectivity index (χ2v) is 6.18. The van der Waals surface area contributed by atoms with Gasteiger partial charge in [-0.1, -0.05) is 61.8 Å². The molecule has 1 N–H and O–H groups in total. The van der Waals surface area contributed by atoms with E-state index in [0.29, 0.717) is 5.92 Å². The minimum absolute atomic E-state index is 0.214. The Morgan fingerprint density at radius 2 is 1.90 bits per heavy atom. The fraction of sp³-hybridized carbons (Fsp3) is 0.333. The van der Waals surface area contributed by atoms with Crippen molar-refractivity contribution in [2.45, 2.75) is 32.2 Å². The zero-order chi connectivity index (χ0) is 14.1. The summed E-state index contributed by atoms with van der Waals surface area (Å²) in [4.78, 5) is 0. The van der Waals surface area contributed by atoms with E-state index in [-0.39, 0.29) is 6.04 Å². The number of rotatable bonds is 2. The summed E-state index contributed by atoms with van der Waals surface area (Å²) in [6.07, 6.45) is 1.09. The molecule has 0 bridgehead atoms. The third-order valence-corrected chi connectivity index (χ3v) is 4.45. The number of benzene rings is 2. The van der Waals surface area contributed by atoms with Crippen LogP contribution >= 0.6 is 11.6 Å². The van der Waals surface area contributed by atoms with Crippen LogP contribution in [-0.4, -0.2) is 6.54 Å². The van der Waals surface area contributed by atoms with Crippen LogP contribution in [0.5, 0.6) is 0 Å². The van der Waals surface area contributed by atoms with E-state index in [9.17, 15) is 0 Å². The van der Waals surface area contributed by atoms with Crippen LogP contribution in [0.25, 0.3) is 0 Å². The molecule has 0 aliphatic carbocycles. The Balaban J connectivity index is 2.09. The van der Waals surface area contributed by atoms with Crippen LogP contribution < -0.4 is 5.32 Å². The Bertz CT molecular complexity index is 619. The number of nitrogens with one attached hydrogen (secondary N) is 1. The Morgan fingerprint density at radius 3 is 2.65 bits per heavy atom. The minimum Gasteiger partial charge on any atom is -0.306 e. The summed E-state index contributed by atoms with van der Waals surface area (Å²) in [7, 11) is 0. The standard InChI is InChI=1S/C18H20ClN/c1-12(2)14-8-7-13-9-10-20-18(16(13)11-14)15-5-3-4-6-17(15)19/h3-8,11-12,18,20H,9-10H2,1-2H3. The van der Waals surface area contributed by atoms with Gasteiger partial charge in [-0.2, -0.15) is 0 Å². The highest BCUT2D eigenvalue weighted by Gasteiger charge is 2.23. The van der Waals surface area contributed by atoms with Crippen molar-refractivity contribution in [3.63, 3.8) is 0 Å². The molecule has 0 spiro atoms. The maximum Gasteiger partial charge on any atom is 0.0594 e. The predicted octanol–water partition coefficient (Wildman–Crippen LogP) is 4.70. The zero-order valence-corrected chi connectivity index (χ0v) is 12.7. The molecule has 0 saturated heterocycles. The van der Waals surface area contributed by atoms with Crippen molar-refractivity contribution in [1.82, 2.24) is 5.32 Å². The van der Waals surface area contributed by atoms with Gasteiger partial charge in [-0.15, -0.1) is 0 Å². The van der Waals surface area contributed by atoms with Crippen molar-refractivity contribution < 1.29 is 0 Å². The fourth-order valence-corrected chi connectivity index (χ4v) is 3.16. The first-order chi connectivity index (χ1) is 9.66. The van der Waals surface area contributed by atoms with Crippen LogP contribution in [0.4, 0.5) is 0 Å². The monoisotopic (exact) mass is 285 g/mol. The van der Waals surface area contributed by atoms with Gasteiger partial charge < -0.3 is 5.32 Å². The fourth-order valence-electron chi connectivity index (χ4n) is 2.92. The SMILES string of the molecule is CC(C)c1ccc2c(c1)C(c1ccccc1Cl)NCC2. The molecule has 1 atom stereocenters. The largest absolute Gasteiger partial charge is 0.306 e. The molecule has 0 fully saturated rings. The van der Waals surface area contributed by atoms with Gasteiger partial charge >= 0.3 is 0 Å². The van der Waals surface area contributed by atoms with E-state index < -0.39 is 0 Å². The first kappa shape index (κ1) is 13.7. The first-order valence-electron chi connectivity index (χ1n) is 7.27. The van der Waals surface area contributed by atoms with Gasteiger partial charge in [0.25, 0.3) is 0 Å². The molecule has 1 aliphatic heterocycles. The summed E-state index contributed by atoms with van der Waals surface area (Å²) in [6.45, 7) is 5.48. The number of halogens is 1. The molecule has 1 heterocycles. The molecule has 104 valence electrons. The lowest BCUT2D eigenvalue weighted by atomic mass is 9.87. The van der Waals surface area contributed by atoms with E-state index in [1.165, 1.54) is 22.3 Å². The lowest BCUT2D eigenvalue weighted by Crippen LogP contribution is -2.30. The molecule has 20 heavy (non-hydrogen) atoms. The smallest absolute Gasteiger partial charge is 0.0594 e. The molecular weight excluding hydrogens is 266 g/mol. The Labute approximate surface area is 126 Å². The van der Waals surface area contributed by atoms with Crippen molar-refractivity contribution in [1.29, 1.82) is 0 Å². The van der Waals surface area contributed by atoms with Gasteiger partial charge in [-0.05, 0) is 40.7 Å². The van der Waals surface area contributed by atoms with Crippen molar-refractivity contribution in [3.05, 3.63) is 69.7 Å². The molecule has 3 rings (SSSR count). The molecule has 0 radical (unpaired) electrons. The van der Waals surface area contributed by atoms with Crippen molar-refractivity contribution in [3.8, 4) is 0 Å². The molecule has 0 aromatic heterocycles. The molecule has 1 aliphatic rings. The maximum absolute atomic E-state index is 6.39. The van der Waals surface area contributed by atoms with E-state index in [1.54, 1.807) is 0 Å². The molecule has 1 unspecified atom stereocenters. The summed E-state index contributed by atoms with van der Waals surface area (Å²) in [5.74, 6) is 0.550. The van der Waals surface area contributed by atoms with Gasteiger partial charge in [0.2, 0.25) is 0 Å². The van der Waals surface area contributed by atoms with E-state index in [0.717, 1.165) is 18.0 Å². The van der Waals surface area contributed by atoms with Crippen molar-refractivity contribution >= 4 is 11.6 Å². The Morgan fingerprint density at radius 1 is 1.10 bits per heavy atom. The summed E-state index contributed by atoms with van der Waals surface area (Å²) in [5, 5.41) is 4.45. The van der Waals surface area contributed by atoms with Gasteiger partial charge in [-0.25, -0.2) is 0 Å². The zero-order valence-electron chi connectivity index (χ0n) is 12.0. The third-order valence-electron chi connectivity index (χ3n) is 4.11. The van der Waals surface area contributed by atoms with Crippen LogP contribution in [-0.2, 0) is 6.42 Å². The van der Waals surface area contributed by atoms with Crippen LogP contribution in [0.2, 0.25) is 5.02 Å². The first-order valence-corrected chi connectivity index (χ1v) is 7.65. The average Bonchev–Trinajstić information content (AvgIpc) is 2.46. The molecule has 0 amide bonds. The van der Waals surface area contributed by atoms with E-state index >= 15 is 0 Å². The molecular formula is C18H20ClN. The number of hydrogen-bond acceptors (Lipinski definition) is 1. The molecule has 2 heteroatoms. The second kappa shape index (κ2) is 5.59. The van der Waals surface area contributed by atoms with Crippen LogP contribution in [0.3, 0.4) is 0 Å². The van der Waals surface area contributed by atoms with Gasteiger partial charge in [0.05, 0.1) is 6.04 Å². The van der Waals surface area contributed by atoms with Gasteiger partial charge in [0.1, 0.15) is 0 Å². The minimum atomic E-state index is 0.214. The highest BCUT2D eigenvalue weighted by molar-refractivity contribution is 6.31. The third kappa shape index (κ3) is 2.48. The maximum atomic E-state index is 6.39. The van der Waals surface area contributed by atoms with Crippen molar-refractivity contribution in [2.24, 2.45) is 0 Å². The van der Waals surface area contributed by atoms with Crippen molar-refractivity contribution in [2.75, 3.05) is 6.54 Å². The van der Waals surface area contributed by atoms with E-state index in [2.05, 4.69) is 49.5 Å². The van der Waals surface area contributed by atoms with Crippen LogP contribution in [0.1, 0.15) is 48.1 Å². The quantitative estimate of drug-likeness (QED) is 0.843. The van der Waals surface area contributed by atoms with Crippen LogP contribution in [0.15, 0.2) is 42.5 Å². The van der Waals surface area contributed by atoms with E-state index in [4.69, 9.17) is 11.6 Å². The summed E-state index contributed by atoms with van der Waals surface area (Å²) >= 11 is 6.39. The van der Waals surface area contributed by atoms with Gasteiger partial charge in [0, 0.05) is 11.6 Å². The highest BCUT2D eigenvalue weighted by Crippen LogP contribution is 2.34. The van der Waals surface area contributed by atoms with Gasteiger partial charge in [-0.3, -0.25) is 0 Å². The molecule has 1 nitrogen and oxygen atoms in total. The molecule has 2 aromatic carbocycles. The predicted molar refractivity (Wildman–Crippen MR) is 85.5 cm³/mol. The summed E-state index contributed by atoms with van der Waals surface area (Å²) < 4.78 is 0. The normalized spacial score (nSPS) is 18.1. The van der Waals surface area contributed by atoms with Crippen LogP contribution in [0, 0.1) is 0 Å². The topological polar surface area (TPSA) is 12.0 Å². The van der Waals surface area contributed by atoms with E-state index in [1.807, 2.05) is 12.1 Å². The lowest BCUT2D eigenvalue weighted by Gasteiger charge is -2.29. The summed E-state index contributed by atoms with van der Waals surface area (Å²) in [6, 6.07) is 15.2. The highest BCUT2D eigenvalue weighted by atomic mass is 35.5. The molecule has 0 saturated carbocycles. The van der Waals surface area contributed by atoms with Gasteiger partial charge in [0.15, 0.2) is 0 Å². The average molecular weight is 286 g/mol. The lowest BCUT2D eigenvalue weighted by molar-refractivity contribution is 0.566. The summed E-state index contributed by atoms with van der Waals surface area (Å²) in [5.41, 5.74) is 5.40. The Kier molecular flexibility index (Phi) is 3.82. The number of hydrogen-bond donors (Lipinski definition) is 1. The number of fused-ring (bicyclic) bond motifs is 1. The Hall–Kier alpha value is -1.31.